The minimum Gasteiger partial charge on any atom is -0.454 e. The van der Waals surface area contributed by atoms with Crippen LogP contribution in [0.25, 0.3) is 22.4 Å². The molecule has 0 saturated carbocycles. The third-order valence-electron chi connectivity index (χ3n) is 4.10. The maximum absolute atomic E-state index is 9.43. The van der Waals surface area contributed by atoms with Crippen molar-refractivity contribution in [2.45, 2.75) is 13.5 Å². The fourth-order valence-corrected chi connectivity index (χ4v) is 2.84. The highest BCUT2D eigenvalue weighted by molar-refractivity contribution is 5.84. The van der Waals surface area contributed by atoms with Crippen LogP contribution in [-0.4, -0.2) is 28.1 Å². The third kappa shape index (κ3) is 2.19. The van der Waals surface area contributed by atoms with Gasteiger partial charge in [0.25, 0.3) is 0 Å². The number of fused-ring (bicyclic) bond motifs is 2. The normalized spacial score (nSPS) is 13.0. The fourth-order valence-electron chi connectivity index (χ4n) is 2.84. The lowest BCUT2D eigenvalue weighted by molar-refractivity contribution is 0.174. The Morgan fingerprint density at radius 1 is 1.22 bits per heavy atom. The number of hydrogen-bond donors (Lipinski definition) is 2. The van der Waals surface area contributed by atoms with Crippen molar-refractivity contribution in [2.24, 2.45) is 0 Å². The lowest BCUT2D eigenvalue weighted by Crippen LogP contribution is -2.04. The maximum Gasteiger partial charge on any atom is 0.231 e. The smallest absolute Gasteiger partial charge is 0.231 e. The van der Waals surface area contributed by atoms with Crippen LogP contribution in [0.2, 0.25) is 0 Å². The minimum atomic E-state index is 0.0221. The number of aryl methyl sites for hydroxylation is 1. The molecule has 6 heteroatoms. The fraction of sp³-hybridized carbons (Fsp3) is 0.235. The monoisotopic (exact) mass is 311 g/mol. The van der Waals surface area contributed by atoms with Crippen molar-refractivity contribution in [2.75, 3.05) is 19.1 Å². The minimum absolute atomic E-state index is 0.0221. The summed E-state index contributed by atoms with van der Waals surface area (Å²) >= 11 is 0. The van der Waals surface area contributed by atoms with E-state index >= 15 is 0 Å². The van der Waals surface area contributed by atoms with E-state index in [2.05, 4.69) is 0 Å². The Kier molecular flexibility index (Phi) is 3.12. The molecule has 0 saturated heterocycles. The van der Waals surface area contributed by atoms with Crippen molar-refractivity contribution in [1.29, 1.82) is 0 Å². The molecule has 0 unspecified atom stereocenters. The second-order valence-corrected chi connectivity index (χ2v) is 5.58. The van der Waals surface area contributed by atoms with Gasteiger partial charge in [0.2, 0.25) is 6.79 Å². The summed E-state index contributed by atoms with van der Waals surface area (Å²) < 4.78 is 12.8. The lowest BCUT2D eigenvalue weighted by atomic mass is 10.1. The Morgan fingerprint density at radius 3 is 2.74 bits per heavy atom. The van der Waals surface area contributed by atoms with E-state index in [1.165, 1.54) is 0 Å². The van der Waals surface area contributed by atoms with Gasteiger partial charge in [-0.3, -0.25) is 0 Å². The van der Waals surface area contributed by atoms with Crippen LogP contribution < -0.4 is 15.2 Å². The van der Waals surface area contributed by atoms with Gasteiger partial charge in [0.15, 0.2) is 11.5 Å². The van der Waals surface area contributed by atoms with Crippen LogP contribution in [0.1, 0.15) is 5.56 Å². The first-order valence-corrected chi connectivity index (χ1v) is 7.44. The number of aliphatic hydroxyl groups excluding tert-OH is 1. The molecule has 1 aliphatic rings. The second-order valence-electron chi connectivity index (χ2n) is 5.58. The Balaban J connectivity index is 1.94. The molecule has 3 aromatic rings. The predicted molar refractivity (Wildman–Crippen MR) is 87.5 cm³/mol. The van der Waals surface area contributed by atoms with Crippen LogP contribution in [-0.2, 0) is 6.54 Å². The van der Waals surface area contributed by atoms with Gasteiger partial charge in [-0.25, -0.2) is 4.98 Å². The summed E-state index contributed by atoms with van der Waals surface area (Å²) in [5.41, 5.74) is 10.4. The Hall–Kier alpha value is -2.73. The Bertz CT molecular complexity index is 902. The van der Waals surface area contributed by atoms with Crippen molar-refractivity contribution in [3.05, 3.63) is 35.9 Å². The molecule has 0 fully saturated rings. The van der Waals surface area contributed by atoms with E-state index in [-0.39, 0.29) is 13.4 Å². The average molecular weight is 311 g/mol. The van der Waals surface area contributed by atoms with E-state index in [0.717, 1.165) is 33.7 Å². The van der Waals surface area contributed by atoms with Gasteiger partial charge < -0.3 is 24.9 Å². The quantitative estimate of drug-likeness (QED) is 0.725. The summed E-state index contributed by atoms with van der Waals surface area (Å²) in [4.78, 5) is 4.71. The Morgan fingerprint density at radius 2 is 2.00 bits per heavy atom. The highest BCUT2D eigenvalue weighted by Gasteiger charge is 2.19. The second kappa shape index (κ2) is 5.17. The molecule has 1 aliphatic heterocycles. The van der Waals surface area contributed by atoms with Crippen molar-refractivity contribution in [1.82, 2.24) is 9.55 Å². The van der Waals surface area contributed by atoms with E-state index < -0.39 is 0 Å². The number of benzene rings is 2. The zero-order valence-electron chi connectivity index (χ0n) is 12.7. The molecule has 23 heavy (non-hydrogen) atoms. The van der Waals surface area contributed by atoms with E-state index in [9.17, 15) is 5.11 Å². The molecular formula is C17H17N3O3. The van der Waals surface area contributed by atoms with Crippen LogP contribution in [0.3, 0.4) is 0 Å². The zero-order chi connectivity index (χ0) is 16.0. The molecule has 1 aromatic heterocycles. The number of rotatable bonds is 3. The molecule has 0 aliphatic carbocycles. The van der Waals surface area contributed by atoms with Gasteiger partial charge >= 0.3 is 0 Å². The predicted octanol–water partition coefficient (Wildman–Crippen LogP) is 2.31. The first kappa shape index (κ1) is 13.9. The van der Waals surface area contributed by atoms with Gasteiger partial charge in [-0.2, -0.15) is 0 Å². The zero-order valence-corrected chi connectivity index (χ0v) is 12.7. The molecule has 2 aromatic carbocycles. The summed E-state index contributed by atoms with van der Waals surface area (Å²) in [6.45, 7) is 2.66. The van der Waals surface area contributed by atoms with Crippen LogP contribution in [0.5, 0.6) is 11.5 Å². The molecule has 0 bridgehead atoms. The van der Waals surface area contributed by atoms with E-state index in [1.54, 1.807) is 0 Å². The van der Waals surface area contributed by atoms with Crippen molar-refractivity contribution < 1.29 is 14.6 Å². The Labute approximate surface area is 133 Å². The topological polar surface area (TPSA) is 82.5 Å². The van der Waals surface area contributed by atoms with Crippen molar-refractivity contribution in [3.63, 3.8) is 0 Å². The van der Waals surface area contributed by atoms with Gasteiger partial charge in [0.1, 0.15) is 5.82 Å². The van der Waals surface area contributed by atoms with Gasteiger partial charge in [-0.05, 0) is 18.6 Å². The van der Waals surface area contributed by atoms with E-state index in [0.29, 0.717) is 18.0 Å². The van der Waals surface area contributed by atoms with Crippen LogP contribution >= 0.6 is 0 Å². The lowest BCUT2D eigenvalue weighted by Gasteiger charge is -2.09. The summed E-state index contributed by atoms with van der Waals surface area (Å²) in [5, 5.41) is 9.43. The average Bonchev–Trinajstić information content (AvgIpc) is 3.13. The number of aliphatic hydroxyl groups is 1. The van der Waals surface area contributed by atoms with E-state index in [1.807, 2.05) is 41.8 Å². The summed E-state index contributed by atoms with van der Waals surface area (Å²) in [5.74, 6) is 2.16. The van der Waals surface area contributed by atoms with E-state index in [4.69, 9.17) is 20.2 Å². The number of nitrogens with two attached hydrogens (primary N) is 1. The molecule has 0 radical (unpaired) electrons. The summed E-state index contributed by atoms with van der Waals surface area (Å²) in [7, 11) is 0. The summed E-state index contributed by atoms with van der Waals surface area (Å²) in [6, 6.07) is 9.64. The number of anilines is 1. The summed E-state index contributed by atoms with van der Waals surface area (Å²) in [6.07, 6.45) is 0. The van der Waals surface area contributed by atoms with Crippen molar-refractivity contribution in [3.8, 4) is 22.9 Å². The molecule has 2 heterocycles. The van der Waals surface area contributed by atoms with Crippen LogP contribution in [0.15, 0.2) is 30.3 Å². The molecule has 118 valence electrons. The number of aromatic nitrogens is 2. The first-order chi connectivity index (χ1) is 11.2. The standard InChI is InChI=1S/C17H17N3O3/c1-10-2-3-11(6-12(10)18)17-19-13-7-15-16(23-9-22-15)8-14(13)20(17)4-5-21/h2-3,6-8,21H,4-5,9,18H2,1H3. The molecule has 6 nitrogen and oxygen atoms in total. The number of imidazole rings is 1. The number of ether oxygens (including phenoxy) is 2. The van der Waals surface area contributed by atoms with Gasteiger partial charge in [-0.15, -0.1) is 0 Å². The van der Waals surface area contributed by atoms with Gasteiger partial charge in [0.05, 0.1) is 17.6 Å². The van der Waals surface area contributed by atoms with Crippen LogP contribution in [0, 0.1) is 6.92 Å². The first-order valence-electron chi connectivity index (χ1n) is 7.44. The largest absolute Gasteiger partial charge is 0.454 e. The van der Waals surface area contributed by atoms with Crippen LogP contribution in [0.4, 0.5) is 5.69 Å². The third-order valence-corrected chi connectivity index (χ3v) is 4.10. The SMILES string of the molecule is Cc1ccc(-c2nc3cc4c(cc3n2CCO)OCO4)cc1N. The van der Waals surface area contributed by atoms with Crippen molar-refractivity contribution >= 4 is 16.7 Å². The molecule has 0 amide bonds. The molecule has 0 spiro atoms. The molecule has 4 rings (SSSR count). The number of hydrogen-bond acceptors (Lipinski definition) is 5. The molecule has 0 atom stereocenters. The highest BCUT2D eigenvalue weighted by Crippen LogP contribution is 2.37. The number of nitrogens with zero attached hydrogens (tertiary/aromatic N) is 2. The maximum atomic E-state index is 9.43. The van der Waals surface area contributed by atoms with Gasteiger partial charge in [0, 0.05) is 29.9 Å². The number of nitrogen functional groups attached to an aromatic ring is 1. The van der Waals surface area contributed by atoms with Gasteiger partial charge in [-0.1, -0.05) is 12.1 Å². The molecular weight excluding hydrogens is 294 g/mol. The molecule has 3 N–H and O–H groups in total. The highest BCUT2D eigenvalue weighted by atomic mass is 16.7.